The number of benzene rings is 1. The van der Waals surface area contributed by atoms with Crippen molar-refractivity contribution in [2.75, 3.05) is 19.3 Å². The highest BCUT2D eigenvalue weighted by molar-refractivity contribution is 7.90. The van der Waals surface area contributed by atoms with Gasteiger partial charge < -0.3 is 10.1 Å². The Hall–Kier alpha value is -1.67. The molecule has 1 aliphatic heterocycles. The van der Waals surface area contributed by atoms with Gasteiger partial charge in [-0.25, -0.2) is 8.42 Å². The quantitative estimate of drug-likeness (QED) is 0.647. The molecule has 0 spiro atoms. The molecule has 0 radical (unpaired) electrons. The first-order chi connectivity index (χ1) is 8.89. The number of ether oxygens (including phenoxy) is 1. The van der Waals surface area contributed by atoms with E-state index in [2.05, 4.69) is 5.32 Å². The van der Waals surface area contributed by atoms with Crippen LogP contribution in [0.15, 0.2) is 23.1 Å². The highest BCUT2D eigenvalue weighted by Crippen LogP contribution is 2.34. The van der Waals surface area contributed by atoms with E-state index in [0.29, 0.717) is 6.54 Å². The van der Waals surface area contributed by atoms with Gasteiger partial charge in [0.15, 0.2) is 15.6 Å². The number of nitro groups is 1. The maximum atomic E-state index is 11.6. The van der Waals surface area contributed by atoms with Gasteiger partial charge in [-0.15, -0.1) is 0 Å². The van der Waals surface area contributed by atoms with Gasteiger partial charge in [0, 0.05) is 12.8 Å². The molecule has 104 valence electrons. The molecule has 0 bridgehead atoms. The van der Waals surface area contributed by atoms with E-state index >= 15 is 0 Å². The molecule has 1 fully saturated rings. The van der Waals surface area contributed by atoms with Crippen molar-refractivity contribution in [1.82, 2.24) is 5.32 Å². The van der Waals surface area contributed by atoms with Crippen molar-refractivity contribution in [2.45, 2.75) is 17.4 Å². The lowest BCUT2D eigenvalue weighted by Crippen LogP contribution is -2.20. The number of nitrogens with zero attached hydrogens (tertiary/aromatic N) is 1. The third-order valence-corrected chi connectivity index (χ3v) is 3.98. The Morgan fingerprint density at radius 2 is 2.21 bits per heavy atom. The number of nitrogens with one attached hydrogen (secondary N) is 1. The Balaban J connectivity index is 2.45. The molecule has 7 nitrogen and oxygen atoms in total. The molecule has 1 heterocycles. The number of rotatable bonds is 4. The predicted molar refractivity (Wildman–Crippen MR) is 68.1 cm³/mol. The van der Waals surface area contributed by atoms with Crippen molar-refractivity contribution >= 4 is 15.5 Å². The Morgan fingerprint density at radius 1 is 1.47 bits per heavy atom. The van der Waals surface area contributed by atoms with Crippen molar-refractivity contribution < 1.29 is 18.1 Å². The third kappa shape index (κ3) is 3.02. The van der Waals surface area contributed by atoms with E-state index in [1.165, 1.54) is 18.2 Å². The lowest BCUT2D eigenvalue weighted by atomic mass is 10.2. The van der Waals surface area contributed by atoms with Gasteiger partial charge in [0.2, 0.25) is 0 Å². The molecule has 8 heteroatoms. The molecule has 1 unspecified atom stereocenters. The lowest BCUT2D eigenvalue weighted by molar-refractivity contribution is -0.389. The van der Waals surface area contributed by atoms with Gasteiger partial charge >= 0.3 is 5.69 Å². The minimum atomic E-state index is -3.67. The number of nitro benzene ring substituents is 1. The Bertz CT molecular complexity index is 593. The largest absolute Gasteiger partial charge is 0.482 e. The zero-order chi connectivity index (χ0) is 14.0. The molecule has 0 saturated carbocycles. The summed E-state index contributed by atoms with van der Waals surface area (Å²) in [6, 6.07) is 4.08. The van der Waals surface area contributed by atoms with Gasteiger partial charge in [0.05, 0.1) is 4.92 Å². The number of sulfone groups is 1. The van der Waals surface area contributed by atoms with Crippen LogP contribution in [0.3, 0.4) is 0 Å². The highest BCUT2D eigenvalue weighted by Gasteiger charge is 2.29. The van der Waals surface area contributed by atoms with E-state index in [0.717, 1.165) is 19.2 Å². The maximum absolute atomic E-state index is 11.6. The van der Waals surface area contributed by atoms with Crippen LogP contribution in [0.25, 0.3) is 0 Å². The first-order valence-corrected chi connectivity index (χ1v) is 7.63. The van der Waals surface area contributed by atoms with Crippen LogP contribution in [-0.4, -0.2) is 38.8 Å². The SMILES string of the molecule is CS(=O)(=O)c1cccc(OC2CCNC2)c1[N+](=O)[O-]. The second kappa shape index (κ2) is 5.14. The van der Waals surface area contributed by atoms with Crippen molar-refractivity contribution in [2.24, 2.45) is 0 Å². The smallest absolute Gasteiger partial charge is 0.329 e. The fourth-order valence-electron chi connectivity index (χ4n) is 1.98. The van der Waals surface area contributed by atoms with E-state index in [4.69, 9.17) is 4.74 Å². The summed E-state index contributed by atoms with van der Waals surface area (Å²) in [6.45, 7) is 1.38. The Kier molecular flexibility index (Phi) is 3.72. The molecule has 0 aromatic heterocycles. The van der Waals surface area contributed by atoms with Crippen LogP contribution in [0.1, 0.15) is 6.42 Å². The standard InChI is InChI=1S/C11H14N2O5S/c1-19(16,17)10-4-2-3-9(11(10)13(14)15)18-8-5-6-12-7-8/h2-4,8,12H,5-7H2,1H3. The maximum Gasteiger partial charge on any atom is 0.329 e. The van der Waals surface area contributed by atoms with Crippen LogP contribution in [0, 0.1) is 10.1 Å². The van der Waals surface area contributed by atoms with Gasteiger partial charge in [-0.3, -0.25) is 10.1 Å². The average Bonchev–Trinajstić information content (AvgIpc) is 2.80. The van der Waals surface area contributed by atoms with E-state index in [9.17, 15) is 18.5 Å². The number of hydrogen-bond acceptors (Lipinski definition) is 6. The molecule has 1 N–H and O–H groups in total. The molecule has 1 saturated heterocycles. The first kappa shape index (κ1) is 13.8. The minimum Gasteiger partial charge on any atom is -0.482 e. The van der Waals surface area contributed by atoms with Gasteiger partial charge in [-0.2, -0.15) is 0 Å². The summed E-state index contributed by atoms with van der Waals surface area (Å²) in [6.07, 6.45) is 1.50. The van der Waals surface area contributed by atoms with Crippen LogP contribution in [0.2, 0.25) is 0 Å². The second-order valence-corrected chi connectivity index (χ2v) is 6.35. The summed E-state index contributed by atoms with van der Waals surface area (Å²) < 4.78 is 28.7. The molecule has 1 aromatic carbocycles. The molecule has 0 aliphatic carbocycles. The lowest BCUT2D eigenvalue weighted by Gasteiger charge is -2.13. The Morgan fingerprint density at radius 3 is 2.74 bits per heavy atom. The van der Waals surface area contributed by atoms with Gasteiger partial charge in [0.1, 0.15) is 11.0 Å². The summed E-state index contributed by atoms with van der Waals surface area (Å²) in [4.78, 5) is 10.1. The van der Waals surface area contributed by atoms with Crippen LogP contribution < -0.4 is 10.1 Å². The van der Waals surface area contributed by atoms with E-state index < -0.39 is 20.4 Å². The second-order valence-electron chi connectivity index (χ2n) is 4.36. The van der Waals surface area contributed by atoms with Crippen molar-refractivity contribution in [3.8, 4) is 5.75 Å². The Labute approximate surface area is 110 Å². The molecule has 2 rings (SSSR count). The van der Waals surface area contributed by atoms with E-state index in [1.54, 1.807) is 0 Å². The third-order valence-electron chi connectivity index (χ3n) is 2.85. The molecular weight excluding hydrogens is 272 g/mol. The average molecular weight is 286 g/mol. The normalized spacial score (nSPS) is 19.3. The molecule has 1 aliphatic rings. The van der Waals surface area contributed by atoms with Crippen molar-refractivity contribution in [3.05, 3.63) is 28.3 Å². The summed E-state index contributed by atoms with van der Waals surface area (Å²) in [5.74, 6) is 0.00150. The zero-order valence-electron chi connectivity index (χ0n) is 10.3. The fraction of sp³-hybridized carbons (Fsp3) is 0.455. The van der Waals surface area contributed by atoms with Crippen LogP contribution in [-0.2, 0) is 9.84 Å². The summed E-state index contributed by atoms with van der Waals surface area (Å²) in [5, 5.41) is 14.2. The fourth-order valence-corrected chi connectivity index (χ4v) is 2.84. The molecular formula is C11H14N2O5S. The van der Waals surface area contributed by atoms with E-state index in [1.807, 2.05) is 0 Å². The van der Waals surface area contributed by atoms with Crippen molar-refractivity contribution in [1.29, 1.82) is 0 Å². The molecule has 1 aromatic rings. The number of para-hydroxylation sites is 1. The van der Waals surface area contributed by atoms with Crippen LogP contribution in [0.5, 0.6) is 5.75 Å². The predicted octanol–water partition coefficient (Wildman–Crippen LogP) is 0.739. The summed E-state index contributed by atoms with van der Waals surface area (Å²) in [7, 11) is -3.67. The molecule has 1 atom stereocenters. The van der Waals surface area contributed by atoms with Gasteiger partial charge in [-0.1, -0.05) is 6.07 Å². The van der Waals surface area contributed by atoms with Crippen LogP contribution >= 0.6 is 0 Å². The zero-order valence-corrected chi connectivity index (χ0v) is 11.1. The molecule has 19 heavy (non-hydrogen) atoms. The van der Waals surface area contributed by atoms with Crippen molar-refractivity contribution in [3.63, 3.8) is 0 Å². The molecule has 0 amide bonds. The first-order valence-electron chi connectivity index (χ1n) is 5.74. The highest BCUT2D eigenvalue weighted by atomic mass is 32.2. The monoisotopic (exact) mass is 286 g/mol. The number of hydrogen-bond donors (Lipinski definition) is 1. The van der Waals surface area contributed by atoms with Crippen LogP contribution in [0.4, 0.5) is 5.69 Å². The minimum absolute atomic E-state index is 0.00150. The van der Waals surface area contributed by atoms with E-state index in [-0.39, 0.29) is 16.7 Å². The topological polar surface area (TPSA) is 98.5 Å². The van der Waals surface area contributed by atoms with Gasteiger partial charge in [-0.05, 0) is 25.1 Å². The van der Waals surface area contributed by atoms with Gasteiger partial charge in [0.25, 0.3) is 0 Å². The summed E-state index contributed by atoms with van der Waals surface area (Å²) >= 11 is 0. The summed E-state index contributed by atoms with van der Waals surface area (Å²) in [5.41, 5.74) is -0.489.